The molecule has 0 aromatic heterocycles. The van der Waals surface area contributed by atoms with E-state index >= 15 is 0 Å². The van der Waals surface area contributed by atoms with Crippen molar-refractivity contribution in [1.29, 1.82) is 0 Å². The van der Waals surface area contributed by atoms with Crippen molar-refractivity contribution in [2.45, 2.75) is 19.5 Å². The Morgan fingerprint density at radius 2 is 2.04 bits per heavy atom. The van der Waals surface area contributed by atoms with E-state index in [9.17, 15) is 22.8 Å². The van der Waals surface area contributed by atoms with Crippen LogP contribution in [0.25, 0.3) is 5.57 Å². The summed E-state index contributed by atoms with van der Waals surface area (Å²) in [6.45, 7) is 2.66. The number of carbonyl (C=O) groups excluding carboxylic acids is 2. The van der Waals surface area contributed by atoms with Crippen LogP contribution in [0.4, 0.5) is 13.2 Å². The van der Waals surface area contributed by atoms with Crippen LogP contribution in [-0.4, -0.2) is 36.3 Å². The molecule has 7 heteroatoms. The SMILES string of the molecule is CC(=CC(=O)N1CCNC(=O)CC1)c1cccc(C(F)(F)F)c1. The Kier molecular flexibility index (Phi) is 5.08. The maximum atomic E-state index is 12.7. The second-order valence-electron chi connectivity index (χ2n) is 5.33. The molecule has 23 heavy (non-hydrogen) atoms. The Morgan fingerprint density at radius 3 is 2.74 bits per heavy atom. The van der Waals surface area contributed by atoms with Gasteiger partial charge in [0.05, 0.1) is 5.56 Å². The van der Waals surface area contributed by atoms with Gasteiger partial charge in [0, 0.05) is 32.1 Å². The zero-order chi connectivity index (χ0) is 17.0. The monoisotopic (exact) mass is 326 g/mol. The molecule has 0 aliphatic carbocycles. The van der Waals surface area contributed by atoms with Crippen LogP contribution >= 0.6 is 0 Å². The normalized spacial score (nSPS) is 16.8. The summed E-state index contributed by atoms with van der Waals surface area (Å²) >= 11 is 0. The minimum Gasteiger partial charge on any atom is -0.354 e. The number of nitrogens with zero attached hydrogens (tertiary/aromatic N) is 1. The predicted octanol–water partition coefficient (Wildman–Crippen LogP) is 2.46. The van der Waals surface area contributed by atoms with Gasteiger partial charge in [0.1, 0.15) is 0 Å². The highest BCUT2D eigenvalue weighted by molar-refractivity contribution is 5.95. The highest BCUT2D eigenvalue weighted by atomic mass is 19.4. The van der Waals surface area contributed by atoms with Gasteiger partial charge in [-0.25, -0.2) is 0 Å². The van der Waals surface area contributed by atoms with Crippen molar-refractivity contribution in [3.05, 3.63) is 41.5 Å². The van der Waals surface area contributed by atoms with Crippen LogP contribution in [0.5, 0.6) is 0 Å². The molecule has 1 aliphatic rings. The lowest BCUT2D eigenvalue weighted by atomic mass is 10.0. The van der Waals surface area contributed by atoms with Crippen molar-refractivity contribution >= 4 is 17.4 Å². The molecule has 0 unspecified atom stereocenters. The van der Waals surface area contributed by atoms with Crippen LogP contribution in [0.3, 0.4) is 0 Å². The molecule has 124 valence electrons. The van der Waals surface area contributed by atoms with E-state index in [4.69, 9.17) is 0 Å². The van der Waals surface area contributed by atoms with Gasteiger partial charge in [0.2, 0.25) is 11.8 Å². The first-order valence-corrected chi connectivity index (χ1v) is 7.19. The first kappa shape index (κ1) is 17.1. The molecule has 0 atom stereocenters. The molecule has 0 saturated carbocycles. The zero-order valence-electron chi connectivity index (χ0n) is 12.6. The van der Waals surface area contributed by atoms with Crippen LogP contribution in [0.15, 0.2) is 30.3 Å². The molecule has 1 aromatic carbocycles. The minimum absolute atomic E-state index is 0.112. The lowest BCUT2D eigenvalue weighted by Gasteiger charge is -2.18. The van der Waals surface area contributed by atoms with Gasteiger partial charge in [-0.05, 0) is 30.2 Å². The summed E-state index contributed by atoms with van der Waals surface area (Å²) < 4.78 is 38.2. The van der Waals surface area contributed by atoms with Crippen molar-refractivity contribution in [2.24, 2.45) is 0 Å². The van der Waals surface area contributed by atoms with Crippen LogP contribution in [0.2, 0.25) is 0 Å². The van der Waals surface area contributed by atoms with Crippen LogP contribution < -0.4 is 5.32 Å². The number of allylic oxidation sites excluding steroid dienone is 1. The first-order chi connectivity index (χ1) is 10.8. The van der Waals surface area contributed by atoms with E-state index in [1.54, 1.807) is 6.92 Å². The fourth-order valence-corrected chi connectivity index (χ4v) is 2.29. The summed E-state index contributed by atoms with van der Waals surface area (Å²) in [5.41, 5.74) is 0.0431. The highest BCUT2D eigenvalue weighted by Gasteiger charge is 2.30. The van der Waals surface area contributed by atoms with Gasteiger partial charge in [-0.1, -0.05) is 12.1 Å². The molecule has 2 amide bonds. The Labute approximate surface area is 132 Å². The second kappa shape index (κ2) is 6.85. The number of amides is 2. The van der Waals surface area contributed by atoms with Gasteiger partial charge in [-0.3, -0.25) is 9.59 Å². The average molecular weight is 326 g/mol. The molecule has 1 fully saturated rings. The molecule has 0 spiro atoms. The second-order valence-corrected chi connectivity index (χ2v) is 5.33. The van der Waals surface area contributed by atoms with E-state index in [1.165, 1.54) is 23.1 Å². The van der Waals surface area contributed by atoms with E-state index in [1.807, 2.05) is 0 Å². The largest absolute Gasteiger partial charge is 0.416 e. The summed E-state index contributed by atoms with van der Waals surface area (Å²) in [6.07, 6.45) is -2.88. The average Bonchev–Trinajstić information content (AvgIpc) is 2.71. The molecule has 0 radical (unpaired) electrons. The third-order valence-corrected chi connectivity index (χ3v) is 3.61. The Bertz CT molecular complexity index is 638. The quantitative estimate of drug-likeness (QED) is 0.849. The maximum Gasteiger partial charge on any atom is 0.416 e. The van der Waals surface area contributed by atoms with Gasteiger partial charge in [-0.2, -0.15) is 13.2 Å². The lowest BCUT2D eigenvalue weighted by molar-refractivity contribution is -0.137. The number of rotatable bonds is 2. The third kappa shape index (κ3) is 4.58. The van der Waals surface area contributed by atoms with E-state index in [0.717, 1.165) is 12.1 Å². The van der Waals surface area contributed by atoms with Crippen molar-refractivity contribution in [3.8, 4) is 0 Å². The molecule has 1 N–H and O–H groups in total. The van der Waals surface area contributed by atoms with E-state index in [-0.39, 0.29) is 18.2 Å². The van der Waals surface area contributed by atoms with Crippen molar-refractivity contribution < 1.29 is 22.8 Å². The van der Waals surface area contributed by atoms with Gasteiger partial charge in [0.25, 0.3) is 0 Å². The first-order valence-electron chi connectivity index (χ1n) is 7.19. The molecule has 1 aliphatic heterocycles. The molecule has 2 rings (SSSR count). The van der Waals surface area contributed by atoms with Crippen molar-refractivity contribution in [1.82, 2.24) is 10.2 Å². The summed E-state index contributed by atoms with van der Waals surface area (Å²) in [5.74, 6) is -0.421. The van der Waals surface area contributed by atoms with Crippen LogP contribution in [0, 0.1) is 0 Å². The van der Waals surface area contributed by atoms with E-state index in [2.05, 4.69) is 5.32 Å². The Hall–Kier alpha value is -2.31. The lowest BCUT2D eigenvalue weighted by Crippen LogP contribution is -2.33. The molecule has 1 heterocycles. The van der Waals surface area contributed by atoms with Crippen molar-refractivity contribution in [3.63, 3.8) is 0 Å². The molecular weight excluding hydrogens is 309 g/mol. The van der Waals surface area contributed by atoms with E-state index in [0.29, 0.717) is 30.8 Å². The summed E-state index contributed by atoms with van der Waals surface area (Å²) in [5, 5.41) is 2.66. The van der Waals surface area contributed by atoms with E-state index < -0.39 is 11.7 Å². The fraction of sp³-hybridized carbons (Fsp3) is 0.375. The Morgan fingerprint density at radius 1 is 1.30 bits per heavy atom. The van der Waals surface area contributed by atoms with Gasteiger partial charge < -0.3 is 10.2 Å². The number of alkyl halides is 3. The minimum atomic E-state index is -4.42. The van der Waals surface area contributed by atoms with Crippen LogP contribution in [0.1, 0.15) is 24.5 Å². The number of halogens is 3. The number of hydrogen-bond donors (Lipinski definition) is 1. The Balaban J connectivity index is 2.15. The molecule has 1 saturated heterocycles. The smallest absolute Gasteiger partial charge is 0.354 e. The number of hydrogen-bond acceptors (Lipinski definition) is 2. The predicted molar refractivity (Wildman–Crippen MR) is 79.3 cm³/mol. The van der Waals surface area contributed by atoms with Crippen LogP contribution in [-0.2, 0) is 15.8 Å². The topological polar surface area (TPSA) is 49.4 Å². The zero-order valence-corrected chi connectivity index (χ0v) is 12.6. The molecular formula is C16H17F3N2O2. The van der Waals surface area contributed by atoms with Gasteiger partial charge in [0.15, 0.2) is 0 Å². The van der Waals surface area contributed by atoms with Gasteiger partial charge >= 0.3 is 6.18 Å². The molecule has 0 bridgehead atoms. The standard InChI is InChI=1S/C16H17F3N2O2/c1-11(12-3-2-4-13(10-12)16(17,18)19)9-15(23)21-7-5-14(22)20-6-8-21/h2-4,9-10H,5-8H2,1H3,(H,20,22). The fourth-order valence-electron chi connectivity index (χ4n) is 2.29. The summed E-state index contributed by atoms with van der Waals surface area (Å²) in [6, 6.07) is 4.85. The molecule has 4 nitrogen and oxygen atoms in total. The highest BCUT2D eigenvalue weighted by Crippen LogP contribution is 2.30. The number of benzene rings is 1. The maximum absolute atomic E-state index is 12.7. The number of carbonyl (C=O) groups is 2. The van der Waals surface area contributed by atoms with Gasteiger partial charge in [-0.15, -0.1) is 0 Å². The molecule has 1 aromatic rings. The van der Waals surface area contributed by atoms with Crippen molar-refractivity contribution in [2.75, 3.05) is 19.6 Å². The third-order valence-electron chi connectivity index (χ3n) is 3.61. The summed E-state index contributed by atoms with van der Waals surface area (Å²) in [7, 11) is 0. The number of nitrogens with one attached hydrogen (secondary N) is 1. The summed E-state index contributed by atoms with van der Waals surface area (Å²) in [4.78, 5) is 25.0.